The van der Waals surface area contributed by atoms with E-state index in [0.717, 1.165) is 19.3 Å². The highest BCUT2D eigenvalue weighted by Crippen LogP contribution is 2.32. The highest BCUT2D eigenvalue weighted by atomic mass is 32.2. The second-order valence-electron chi connectivity index (χ2n) is 7.36. The molecule has 5 atom stereocenters. The van der Waals surface area contributed by atoms with E-state index >= 15 is 0 Å². The Morgan fingerprint density at radius 1 is 1.00 bits per heavy atom. The van der Waals surface area contributed by atoms with Gasteiger partial charge in [-0.3, -0.25) is 0 Å². The summed E-state index contributed by atoms with van der Waals surface area (Å²) in [5.74, 6) is 0. The maximum Gasteiger partial charge on any atom is 0.315 e. The summed E-state index contributed by atoms with van der Waals surface area (Å²) in [6.45, 7) is 0. The van der Waals surface area contributed by atoms with Crippen LogP contribution in [0.15, 0.2) is 0 Å². The van der Waals surface area contributed by atoms with Crippen molar-refractivity contribution in [3.63, 3.8) is 0 Å². The van der Waals surface area contributed by atoms with Gasteiger partial charge in [0, 0.05) is 29.4 Å². The Labute approximate surface area is 139 Å². The lowest BCUT2D eigenvalue weighted by Crippen LogP contribution is -2.57. The number of rotatable bonds is 3. The molecule has 2 bridgehead atoms. The van der Waals surface area contributed by atoms with Crippen molar-refractivity contribution in [2.45, 2.75) is 87.2 Å². The summed E-state index contributed by atoms with van der Waals surface area (Å²) in [4.78, 5) is 14.9. The van der Waals surface area contributed by atoms with Gasteiger partial charge in [-0.25, -0.2) is 4.79 Å². The van der Waals surface area contributed by atoms with Crippen LogP contribution in [0.4, 0.5) is 4.79 Å². The Kier molecular flexibility index (Phi) is 5.55. The van der Waals surface area contributed by atoms with Crippen molar-refractivity contribution in [1.29, 1.82) is 0 Å². The Balaban J connectivity index is 1.49. The maximum atomic E-state index is 12.4. The largest absolute Gasteiger partial charge is 0.335 e. The molecular formula is C17H31N3OS. The van der Waals surface area contributed by atoms with Gasteiger partial charge in [-0.2, -0.15) is 11.8 Å². The first-order valence-electron chi connectivity index (χ1n) is 8.99. The fourth-order valence-electron chi connectivity index (χ4n) is 4.67. The predicted octanol–water partition coefficient (Wildman–Crippen LogP) is 2.98. The zero-order chi connectivity index (χ0) is 15.5. The molecule has 0 radical (unpaired) electrons. The highest BCUT2D eigenvalue weighted by molar-refractivity contribution is 7.99. The van der Waals surface area contributed by atoms with Gasteiger partial charge in [-0.1, -0.05) is 19.3 Å². The Hall–Kier alpha value is -0.420. The fraction of sp³-hybridized carbons (Fsp3) is 0.941. The molecule has 1 unspecified atom stereocenters. The van der Waals surface area contributed by atoms with Crippen LogP contribution in [-0.4, -0.2) is 53.7 Å². The zero-order valence-electron chi connectivity index (χ0n) is 14.0. The maximum absolute atomic E-state index is 12.4. The predicted molar refractivity (Wildman–Crippen MR) is 93.4 cm³/mol. The van der Waals surface area contributed by atoms with E-state index in [2.05, 4.69) is 28.8 Å². The first kappa shape index (κ1) is 16.4. The Morgan fingerprint density at radius 2 is 1.68 bits per heavy atom. The van der Waals surface area contributed by atoms with Crippen LogP contribution in [0, 0.1) is 0 Å². The smallest absolute Gasteiger partial charge is 0.315 e. The number of piperidine rings is 2. The minimum atomic E-state index is 0.0681. The average molecular weight is 326 g/mol. The van der Waals surface area contributed by atoms with Gasteiger partial charge in [0.05, 0.1) is 0 Å². The van der Waals surface area contributed by atoms with Crippen LogP contribution in [0.3, 0.4) is 0 Å². The molecule has 3 aliphatic rings. The topological polar surface area (TPSA) is 44.4 Å². The third-order valence-electron chi connectivity index (χ3n) is 6.00. The molecule has 2 amide bonds. The normalized spacial score (nSPS) is 39.3. The molecule has 3 fully saturated rings. The van der Waals surface area contributed by atoms with Crippen molar-refractivity contribution in [3.05, 3.63) is 0 Å². The summed E-state index contributed by atoms with van der Waals surface area (Å²) < 4.78 is 0. The van der Waals surface area contributed by atoms with Gasteiger partial charge < -0.3 is 15.5 Å². The quantitative estimate of drug-likeness (QED) is 0.838. The molecule has 126 valence electrons. The van der Waals surface area contributed by atoms with Crippen molar-refractivity contribution in [1.82, 2.24) is 15.5 Å². The van der Waals surface area contributed by atoms with Crippen LogP contribution in [-0.2, 0) is 0 Å². The monoisotopic (exact) mass is 325 g/mol. The van der Waals surface area contributed by atoms with Crippen molar-refractivity contribution >= 4 is 17.8 Å². The summed E-state index contributed by atoms with van der Waals surface area (Å²) in [6.07, 6.45) is 13.3. The molecule has 3 rings (SSSR count). The van der Waals surface area contributed by atoms with E-state index in [-0.39, 0.29) is 6.03 Å². The summed E-state index contributed by atoms with van der Waals surface area (Å²) in [6, 6.07) is 2.13. The number of nitrogens with one attached hydrogen (secondary N) is 2. The number of amides is 2. The van der Waals surface area contributed by atoms with E-state index in [1.807, 2.05) is 11.8 Å². The number of nitrogens with zero attached hydrogens (tertiary/aromatic N) is 1. The molecule has 2 aliphatic heterocycles. The minimum absolute atomic E-state index is 0.0681. The third-order valence-corrected chi connectivity index (χ3v) is 7.17. The van der Waals surface area contributed by atoms with Crippen LogP contribution in [0.5, 0.6) is 0 Å². The van der Waals surface area contributed by atoms with Crippen molar-refractivity contribution in [3.8, 4) is 0 Å². The standard InChI is InChI=1S/C17H31N3OS/c1-20-13-6-5-7-14(20)11-12(10-13)18-17(21)19-15-8-3-4-9-16(15)22-2/h12-16H,3-11H2,1-2H3,(H2,18,19,21)/t12?,13-,14+,15-,16-/m0/s1. The van der Waals surface area contributed by atoms with E-state index in [4.69, 9.17) is 0 Å². The number of fused-ring (bicyclic) bond motifs is 2. The summed E-state index contributed by atoms with van der Waals surface area (Å²) in [5.41, 5.74) is 0. The summed E-state index contributed by atoms with van der Waals surface area (Å²) in [7, 11) is 2.26. The SMILES string of the molecule is CS[C@H]1CCCC[C@@H]1NC(=O)NC1C[C@H]2CCC[C@@H](C1)N2C. The minimum Gasteiger partial charge on any atom is -0.335 e. The van der Waals surface area contributed by atoms with E-state index < -0.39 is 0 Å². The molecule has 22 heavy (non-hydrogen) atoms. The van der Waals surface area contributed by atoms with Crippen molar-refractivity contribution in [2.24, 2.45) is 0 Å². The van der Waals surface area contributed by atoms with Gasteiger partial charge in [0.25, 0.3) is 0 Å². The molecule has 5 heteroatoms. The Morgan fingerprint density at radius 3 is 2.36 bits per heavy atom. The number of carbonyl (C=O) groups is 1. The van der Waals surface area contributed by atoms with E-state index in [0.29, 0.717) is 29.4 Å². The fourth-order valence-corrected chi connectivity index (χ4v) is 5.61. The van der Waals surface area contributed by atoms with Crippen LogP contribution < -0.4 is 10.6 Å². The van der Waals surface area contributed by atoms with Gasteiger partial charge in [-0.15, -0.1) is 0 Å². The number of urea groups is 1. The molecule has 4 nitrogen and oxygen atoms in total. The molecule has 0 aromatic carbocycles. The lowest BCUT2D eigenvalue weighted by Gasteiger charge is -2.47. The van der Waals surface area contributed by atoms with Crippen LogP contribution >= 0.6 is 11.8 Å². The molecule has 1 aliphatic carbocycles. The van der Waals surface area contributed by atoms with Gasteiger partial charge in [-0.05, 0) is 51.8 Å². The van der Waals surface area contributed by atoms with Crippen LogP contribution in [0.2, 0.25) is 0 Å². The van der Waals surface area contributed by atoms with Crippen LogP contribution in [0.25, 0.3) is 0 Å². The molecule has 2 saturated heterocycles. The number of hydrogen-bond donors (Lipinski definition) is 2. The third kappa shape index (κ3) is 3.73. The highest BCUT2D eigenvalue weighted by Gasteiger charge is 2.36. The molecular weight excluding hydrogens is 294 g/mol. The zero-order valence-corrected chi connectivity index (χ0v) is 14.8. The average Bonchev–Trinajstić information content (AvgIpc) is 2.49. The van der Waals surface area contributed by atoms with Crippen LogP contribution in [0.1, 0.15) is 57.8 Å². The first-order chi connectivity index (χ1) is 10.7. The molecule has 2 N–H and O–H groups in total. The number of thioether (sulfide) groups is 1. The van der Waals surface area contributed by atoms with E-state index in [1.54, 1.807) is 0 Å². The van der Waals surface area contributed by atoms with Crippen molar-refractivity contribution < 1.29 is 4.79 Å². The van der Waals surface area contributed by atoms with Gasteiger partial charge in [0.1, 0.15) is 0 Å². The summed E-state index contributed by atoms with van der Waals surface area (Å²) >= 11 is 1.91. The van der Waals surface area contributed by atoms with E-state index in [9.17, 15) is 4.79 Å². The number of hydrogen-bond acceptors (Lipinski definition) is 3. The Bertz CT molecular complexity index is 378. The summed E-state index contributed by atoms with van der Waals surface area (Å²) in [5, 5.41) is 7.13. The second kappa shape index (κ2) is 7.43. The second-order valence-corrected chi connectivity index (χ2v) is 8.43. The van der Waals surface area contributed by atoms with Gasteiger partial charge in [0.2, 0.25) is 0 Å². The van der Waals surface area contributed by atoms with Gasteiger partial charge in [0.15, 0.2) is 0 Å². The lowest BCUT2D eigenvalue weighted by atomic mass is 9.82. The molecule has 2 heterocycles. The molecule has 0 aromatic rings. The van der Waals surface area contributed by atoms with Gasteiger partial charge >= 0.3 is 6.03 Å². The van der Waals surface area contributed by atoms with Crippen molar-refractivity contribution in [2.75, 3.05) is 13.3 Å². The first-order valence-corrected chi connectivity index (χ1v) is 10.3. The molecule has 0 spiro atoms. The van der Waals surface area contributed by atoms with E-state index in [1.165, 1.54) is 38.5 Å². The lowest BCUT2D eigenvalue weighted by molar-refractivity contribution is 0.0507. The molecule has 0 aromatic heterocycles. The molecule has 1 saturated carbocycles. The number of carbonyl (C=O) groups excluding carboxylic acids is 1.